The molecule has 0 atom stereocenters. The number of benzene rings is 1. The molecule has 0 saturated carbocycles. The Kier molecular flexibility index (Phi) is 5.80. The molecular weight excluding hydrogens is 395 g/mol. The number of halogens is 3. The molecule has 3 rings (SSSR count). The van der Waals surface area contributed by atoms with E-state index < -0.39 is 27.0 Å². The number of para-hydroxylation sites is 1. The van der Waals surface area contributed by atoms with E-state index in [0.717, 1.165) is 23.6 Å². The summed E-state index contributed by atoms with van der Waals surface area (Å²) >= 11 is 0. The van der Waals surface area contributed by atoms with Crippen LogP contribution >= 0.6 is 0 Å². The lowest BCUT2D eigenvalue weighted by Crippen LogP contribution is -2.45. The van der Waals surface area contributed by atoms with Gasteiger partial charge in [0.1, 0.15) is 16.5 Å². The minimum atomic E-state index is -4.97. The molecule has 0 radical (unpaired) electrons. The van der Waals surface area contributed by atoms with Crippen LogP contribution in [-0.4, -0.2) is 38.9 Å². The fourth-order valence-electron chi connectivity index (χ4n) is 3.10. The van der Waals surface area contributed by atoms with Crippen molar-refractivity contribution >= 4 is 15.8 Å². The van der Waals surface area contributed by atoms with Gasteiger partial charge in [0.05, 0.1) is 0 Å². The molecule has 1 aromatic carbocycles. The van der Waals surface area contributed by atoms with E-state index in [1.54, 1.807) is 0 Å². The predicted molar refractivity (Wildman–Crippen MR) is 97.7 cm³/mol. The van der Waals surface area contributed by atoms with Crippen molar-refractivity contribution < 1.29 is 26.3 Å². The first kappa shape index (κ1) is 20.4. The number of hydrogen-bond acceptors (Lipinski definition) is 5. The van der Waals surface area contributed by atoms with Crippen molar-refractivity contribution in [3.05, 3.63) is 48.2 Å². The summed E-state index contributed by atoms with van der Waals surface area (Å²) in [4.78, 5) is 5.98. The molecule has 6 nitrogen and oxygen atoms in total. The van der Waals surface area contributed by atoms with Crippen LogP contribution in [0.3, 0.4) is 0 Å². The van der Waals surface area contributed by atoms with E-state index in [0.29, 0.717) is 25.9 Å². The second-order valence-electron chi connectivity index (χ2n) is 6.51. The largest absolute Gasteiger partial charge is 0.573 e. The Balaban J connectivity index is 1.68. The van der Waals surface area contributed by atoms with Gasteiger partial charge in [-0.05, 0) is 44.0 Å². The lowest BCUT2D eigenvalue weighted by molar-refractivity contribution is -0.275. The Bertz CT molecular complexity index is 927. The standard InChI is InChI=1S/C18H20F3N3O3S/c1-13-5-4-8-17(22-13)24-11-9-14(10-12-24)23-28(25,26)16-7-3-2-6-15(16)27-18(19,20)21/h2-8,14,23H,9-12H2,1H3. The number of anilines is 1. The molecule has 2 heterocycles. The van der Waals surface area contributed by atoms with Gasteiger partial charge in [0.2, 0.25) is 10.0 Å². The van der Waals surface area contributed by atoms with Crippen LogP contribution < -0.4 is 14.4 Å². The van der Waals surface area contributed by atoms with Crippen LogP contribution in [0.2, 0.25) is 0 Å². The highest BCUT2D eigenvalue weighted by Crippen LogP contribution is 2.30. The highest BCUT2D eigenvalue weighted by Gasteiger charge is 2.34. The van der Waals surface area contributed by atoms with Crippen molar-refractivity contribution in [3.63, 3.8) is 0 Å². The van der Waals surface area contributed by atoms with Gasteiger partial charge >= 0.3 is 6.36 Å². The van der Waals surface area contributed by atoms with Crippen LogP contribution in [-0.2, 0) is 10.0 Å². The molecule has 1 fully saturated rings. The molecule has 0 bridgehead atoms. The van der Waals surface area contributed by atoms with E-state index in [1.165, 1.54) is 12.1 Å². The van der Waals surface area contributed by atoms with Gasteiger partial charge in [0.15, 0.2) is 0 Å². The summed E-state index contributed by atoms with van der Waals surface area (Å²) in [5, 5.41) is 0. The average Bonchev–Trinajstić information content (AvgIpc) is 2.61. The number of aryl methyl sites for hydroxylation is 1. The molecule has 10 heteroatoms. The number of sulfonamides is 1. The third kappa shape index (κ3) is 5.14. The fraction of sp³-hybridized carbons (Fsp3) is 0.389. The van der Waals surface area contributed by atoms with E-state index in [1.807, 2.05) is 25.1 Å². The normalized spacial score (nSPS) is 16.2. The minimum Gasteiger partial charge on any atom is -0.404 e. The van der Waals surface area contributed by atoms with Crippen molar-refractivity contribution in [1.82, 2.24) is 9.71 Å². The number of rotatable bonds is 5. The number of nitrogens with one attached hydrogen (secondary N) is 1. The van der Waals surface area contributed by atoms with Crippen LogP contribution in [0, 0.1) is 6.92 Å². The van der Waals surface area contributed by atoms with Crippen LogP contribution in [0.15, 0.2) is 47.4 Å². The second-order valence-corrected chi connectivity index (χ2v) is 8.20. The van der Waals surface area contributed by atoms with Crippen molar-refractivity contribution in [2.75, 3.05) is 18.0 Å². The van der Waals surface area contributed by atoms with Gasteiger partial charge in [-0.3, -0.25) is 0 Å². The third-order valence-electron chi connectivity index (χ3n) is 4.38. The number of piperidine rings is 1. The summed E-state index contributed by atoms with van der Waals surface area (Å²) in [5.41, 5.74) is 0.890. The zero-order chi connectivity index (χ0) is 20.4. The minimum absolute atomic E-state index is 0.384. The topological polar surface area (TPSA) is 71.5 Å². The summed E-state index contributed by atoms with van der Waals surface area (Å²) in [6, 6.07) is 10.0. The van der Waals surface area contributed by atoms with E-state index in [9.17, 15) is 21.6 Å². The van der Waals surface area contributed by atoms with E-state index in [-0.39, 0.29) is 6.04 Å². The van der Waals surface area contributed by atoms with Gasteiger partial charge in [-0.1, -0.05) is 18.2 Å². The summed E-state index contributed by atoms with van der Waals surface area (Å²) in [5.74, 6) is 0.0779. The molecule has 0 unspecified atom stereocenters. The van der Waals surface area contributed by atoms with Gasteiger partial charge in [-0.2, -0.15) is 0 Å². The van der Waals surface area contributed by atoms with Gasteiger partial charge in [0.25, 0.3) is 0 Å². The van der Waals surface area contributed by atoms with Crippen LogP contribution in [0.4, 0.5) is 19.0 Å². The molecule has 1 aliphatic rings. The zero-order valence-corrected chi connectivity index (χ0v) is 15.9. The van der Waals surface area contributed by atoms with Gasteiger partial charge < -0.3 is 9.64 Å². The Labute approximate surface area is 161 Å². The predicted octanol–water partition coefficient (Wildman–Crippen LogP) is 3.24. The Morgan fingerprint density at radius 3 is 2.43 bits per heavy atom. The maximum Gasteiger partial charge on any atom is 0.573 e. The van der Waals surface area contributed by atoms with Crippen LogP contribution in [0.5, 0.6) is 5.75 Å². The van der Waals surface area contributed by atoms with Gasteiger partial charge in [-0.15, -0.1) is 13.2 Å². The highest BCUT2D eigenvalue weighted by molar-refractivity contribution is 7.89. The molecule has 2 aromatic rings. The number of hydrogen-bond donors (Lipinski definition) is 1. The quantitative estimate of drug-likeness (QED) is 0.812. The number of nitrogens with zero attached hydrogens (tertiary/aromatic N) is 2. The Morgan fingerprint density at radius 2 is 1.79 bits per heavy atom. The second kappa shape index (κ2) is 7.96. The van der Waals surface area contributed by atoms with Crippen molar-refractivity contribution in [1.29, 1.82) is 0 Å². The molecule has 1 saturated heterocycles. The molecule has 0 aliphatic carbocycles. The maximum atomic E-state index is 12.6. The first-order chi connectivity index (χ1) is 13.1. The third-order valence-corrected chi connectivity index (χ3v) is 5.94. The SMILES string of the molecule is Cc1cccc(N2CCC(NS(=O)(=O)c3ccccc3OC(F)(F)F)CC2)n1. The smallest absolute Gasteiger partial charge is 0.404 e. The van der Waals surface area contributed by atoms with Crippen LogP contribution in [0.1, 0.15) is 18.5 Å². The van der Waals surface area contributed by atoms with E-state index >= 15 is 0 Å². The molecule has 0 spiro atoms. The Morgan fingerprint density at radius 1 is 1.11 bits per heavy atom. The highest BCUT2D eigenvalue weighted by atomic mass is 32.2. The zero-order valence-electron chi connectivity index (χ0n) is 15.1. The molecule has 1 N–H and O–H groups in total. The molecule has 1 aromatic heterocycles. The first-order valence-electron chi connectivity index (χ1n) is 8.70. The van der Waals surface area contributed by atoms with Gasteiger partial charge in [0, 0.05) is 24.8 Å². The molecule has 152 valence electrons. The number of aromatic nitrogens is 1. The number of pyridine rings is 1. The summed E-state index contributed by atoms with van der Waals surface area (Å²) in [6.45, 7) is 3.07. The Hall–Kier alpha value is -2.33. The van der Waals surface area contributed by atoms with Gasteiger partial charge in [-0.25, -0.2) is 18.1 Å². The number of alkyl halides is 3. The summed E-state index contributed by atoms with van der Waals surface area (Å²) in [7, 11) is -4.16. The number of ether oxygens (including phenoxy) is 1. The lowest BCUT2D eigenvalue weighted by Gasteiger charge is -2.33. The monoisotopic (exact) mass is 415 g/mol. The van der Waals surface area contributed by atoms with Crippen molar-refractivity contribution in [2.45, 2.75) is 37.1 Å². The molecule has 28 heavy (non-hydrogen) atoms. The van der Waals surface area contributed by atoms with Crippen LogP contribution in [0.25, 0.3) is 0 Å². The van der Waals surface area contributed by atoms with E-state index in [2.05, 4.69) is 19.3 Å². The summed E-state index contributed by atoms with van der Waals surface area (Å²) in [6.07, 6.45) is -3.95. The van der Waals surface area contributed by atoms with E-state index in [4.69, 9.17) is 0 Å². The molecule has 0 amide bonds. The average molecular weight is 415 g/mol. The first-order valence-corrected chi connectivity index (χ1v) is 10.2. The van der Waals surface area contributed by atoms with Crippen molar-refractivity contribution in [2.24, 2.45) is 0 Å². The molecular formula is C18H20F3N3O3S. The van der Waals surface area contributed by atoms with Crippen molar-refractivity contribution in [3.8, 4) is 5.75 Å². The summed E-state index contributed by atoms with van der Waals surface area (Å²) < 4.78 is 69.3. The maximum absolute atomic E-state index is 12.6. The fourth-order valence-corrected chi connectivity index (χ4v) is 4.53. The lowest BCUT2D eigenvalue weighted by atomic mass is 10.1. The molecule has 1 aliphatic heterocycles.